The van der Waals surface area contributed by atoms with Crippen LogP contribution in [-0.4, -0.2) is 17.0 Å². The number of carbonyl (C=O) groups excluding carboxylic acids is 1. The van der Waals surface area contributed by atoms with E-state index in [-0.39, 0.29) is 0 Å². The molecule has 1 amide bonds. The summed E-state index contributed by atoms with van der Waals surface area (Å²) in [5.41, 5.74) is 1.87. The number of carbonyl (C=O) groups is 2. The molecular weight excluding hydrogens is 334 g/mol. The van der Waals surface area contributed by atoms with Gasteiger partial charge < -0.3 is 10.4 Å². The van der Waals surface area contributed by atoms with Crippen LogP contribution in [0.15, 0.2) is 53.0 Å². The Morgan fingerprint density at radius 1 is 1.14 bits per heavy atom. The first-order valence-corrected chi connectivity index (χ1v) is 7.13. The van der Waals surface area contributed by atoms with Gasteiger partial charge in [0.15, 0.2) is 6.04 Å². The van der Waals surface area contributed by atoms with Crippen molar-refractivity contribution in [2.24, 2.45) is 0 Å². The standard InChI is InChI=1S/C16H14BrNO3/c1-10-7-8-13(17)12(9-10)15(19)18-14(16(20)21)11-5-3-2-4-6-11/h2-9,14H,1H3,(H,18,19)(H,20,21)/t14-/m1/s1. The molecule has 0 heterocycles. The van der Waals surface area contributed by atoms with Gasteiger partial charge in [0.05, 0.1) is 5.56 Å². The van der Waals surface area contributed by atoms with Gasteiger partial charge in [-0.05, 0) is 40.5 Å². The smallest absolute Gasteiger partial charge is 0.330 e. The number of nitrogens with one attached hydrogen (secondary N) is 1. The minimum Gasteiger partial charge on any atom is -0.479 e. The molecule has 0 spiro atoms. The van der Waals surface area contributed by atoms with Crippen LogP contribution in [0.2, 0.25) is 0 Å². The van der Waals surface area contributed by atoms with Crippen molar-refractivity contribution in [1.82, 2.24) is 5.32 Å². The minimum absolute atomic E-state index is 0.414. The number of halogens is 1. The molecule has 5 heteroatoms. The number of carboxylic acids is 1. The summed E-state index contributed by atoms with van der Waals surface area (Å²) in [6.45, 7) is 1.87. The second-order valence-electron chi connectivity index (χ2n) is 4.64. The zero-order valence-electron chi connectivity index (χ0n) is 11.3. The van der Waals surface area contributed by atoms with Crippen LogP contribution in [0.5, 0.6) is 0 Å². The van der Waals surface area contributed by atoms with Crippen molar-refractivity contribution in [3.05, 3.63) is 69.7 Å². The lowest BCUT2D eigenvalue weighted by Gasteiger charge is -2.15. The molecule has 0 fully saturated rings. The van der Waals surface area contributed by atoms with E-state index in [2.05, 4.69) is 21.2 Å². The Kier molecular flexibility index (Phi) is 4.75. The summed E-state index contributed by atoms with van der Waals surface area (Å²) in [6, 6.07) is 12.9. The minimum atomic E-state index is -1.10. The molecular formula is C16H14BrNO3. The topological polar surface area (TPSA) is 66.4 Å². The molecule has 2 N–H and O–H groups in total. The van der Waals surface area contributed by atoms with E-state index in [4.69, 9.17) is 0 Å². The quantitative estimate of drug-likeness (QED) is 0.891. The average Bonchev–Trinajstić information content (AvgIpc) is 2.47. The van der Waals surface area contributed by atoms with Gasteiger partial charge in [-0.2, -0.15) is 0 Å². The molecule has 0 saturated carbocycles. The van der Waals surface area contributed by atoms with Gasteiger partial charge in [0, 0.05) is 4.47 Å². The number of hydrogen-bond donors (Lipinski definition) is 2. The van der Waals surface area contributed by atoms with Crippen molar-refractivity contribution in [3.63, 3.8) is 0 Å². The fourth-order valence-corrected chi connectivity index (χ4v) is 2.38. The number of carboxylic acid groups (broad SMARTS) is 1. The first-order valence-electron chi connectivity index (χ1n) is 6.34. The van der Waals surface area contributed by atoms with Crippen molar-refractivity contribution in [2.45, 2.75) is 13.0 Å². The zero-order valence-corrected chi connectivity index (χ0v) is 12.9. The first-order chi connectivity index (χ1) is 9.99. The largest absolute Gasteiger partial charge is 0.479 e. The van der Waals surface area contributed by atoms with Crippen LogP contribution in [0, 0.1) is 6.92 Å². The molecule has 2 rings (SSSR count). The van der Waals surface area contributed by atoms with E-state index in [9.17, 15) is 14.7 Å². The van der Waals surface area contributed by atoms with Crippen molar-refractivity contribution < 1.29 is 14.7 Å². The average molecular weight is 348 g/mol. The molecule has 4 nitrogen and oxygen atoms in total. The van der Waals surface area contributed by atoms with Gasteiger partial charge >= 0.3 is 5.97 Å². The van der Waals surface area contributed by atoms with Crippen molar-refractivity contribution in [1.29, 1.82) is 0 Å². The highest BCUT2D eigenvalue weighted by molar-refractivity contribution is 9.10. The second kappa shape index (κ2) is 6.54. The molecule has 0 radical (unpaired) electrons. The Bertz CT molecular complexity index is 670. The Morgan fingerprint density at radius 2 is 1.81 bits per heavy atom. The molecule has 2 aromatic carbocycles. The highest BCUT2D eigenvalue weighted by atomic mass is 79.9. The molecule has 0 bridgehead atoms. The molecule has 0 aromatic heterocycles. The number of benzene rings is 2. The fraction of sp³-hybridized carbons (Fsp3) is 0.125. The summed E-state index contributed by atoms with van der Waals surface area (Å²) in [5.74, 6) is -1.53. The first kappa shape index (κ1) is 15.3. The highest BCUT2D eigenvalue weighted by Gasteiger charge is 2.23. The van der Waals surface area contributed by atoms with E-state index < -0.39 is 17.9 Å². The maximum Gasteiger partial charge on any atom is 0.330 e. The van der Waals surface area contributed by atoms with Crippen LogP contribution in [0.4, 0.5) is 0 Å². The van der Waals surface area contributed by atoms with Gasteiger partial charge in [-0.3, -0.25) is 4.79 Å². The Hall–Kier alpha value is -2.14. The van der Waals surface area contributed by atoms with E-state index in [1.807, 2.05) is 13.0 Å². The monoisotopic (exact) mass is 347 g/mol. The molecule has 0 aliphatic carbocycles. The fourth-order valence-electron chi connectivity index (χ4n) is 1.96. The SMILES string of the molecule is Cc1ccc(Br)c(C(=O)N[C@@H](C(=O)O)c2ccccc2)c1. The highest BCUT2D eigenvalue weighted by Crippen LogP contribution is 2.20. The number of amides is 1. The lowest BCUT2D eigenvalue weighted by Crippen LogP contribution is -2.33. The maximum absolute atomic E-state index is 12.3. The third kappa shape index (κ3) is 3.70. The second-order valence-corrected chi connectivity index (χ2v) is 5.49. The summed E-state index contributed by atoms with van der Waals surface area (Å²) in [6.07, 6.45) is 0. The third-order valence-corrected chi connectivity index (χ3v) is 3.71. The summed E-state index contributed by atoms with van der Waals surface area (Å²) in [7, 11) is 0. The number of aryl methyl sites for hydroxylation is 1. The van der Waals surface area contributed by atoms with Crippen LogP contribution in [0.25, 0.3) is 0 Å². The molecule has 0 unspecified atom stereocenters. The van der Waals surface area contributed by atoms with E-state index in [1.54, 1.807) is 42.5 Å². The Labute approximate surface area is 130 Å². The van der Waals surface area contributed by atoms with Crippen LogP contribution < -0.4 is 5.32 Å². The normalized spacial score (nSPS) is 11.7. The lowest BCUT2D eigenvalue weighted by molar-refractivity contribution is -0.139. The molecule has 0 aliphatic rings. The van der Waals surface area contributed by atoms with E-state index in [1.165, 1.54) is 0 Å². The number of rotatable bonds is 4. The molecule has 1 atom stereocenters. The zero-order chi connectivity index (χ0) is 15.4. The predicted molar refractivity (Wildman–Crippen MR) is 83.2 cm³/mol. The van der Waals surface area contributed by atoms with Gasteiger partial charge in [0.1, 0.15) is 0 Å². The lowest BCUT2D eigenvalue weighted by atomic mass is 10.1. The number of hydrogen-bond acceptors (Lipinski definition) is 2. The summed E-state index contributed by atoms with van der Waals surface area (Å²) in [5, 5.41) is 11.9. The Morgan fingerprint density at radius 3 is 2.43 bits per heavy atom. The predicted octanol–water partition coefficient (Wildman–Crippen LogP) is 3.31. The molecule has 21 heavy (non-hydrogen) atoms. The molecule has 0 saturated heterocycles. The summed E-state index contributed by atoms with van der Waals surface area (Å²) in [4.78, 5) is 23.7. The van der Waals surface area contributed by atoms with E-state index in [0.717, 1.165) is 5.56 Å². The van der Waals surface area contributed by atoms with Crippen LogP contribution in [0.3, 0.4) is 0 Å². The van der Waals surface area contributed by atoms with Gasteiger partial charge in [0.25, 0.3) is 5.91 Å². The van der Waals surface area contributed by atoms with Crippen molar-refractivity contribution in [3.8, 4) is 0 Å². The summed E-state index contributed by atoms with van der Waals surface area (Å²) < 4.78 is 0.628. The van der Waals surface area contributed by atoms with Gasteiger partial charge in [-0.15, -0.1) is 0 Å². The van der Waals surface area contributed by atoms with E-state index >= 15 is 0 Å². The van der Waals surface area contributed by atoms with Crippen molar-refractivity contribution >= 4 is 27.8 Å². The van der Waals surface area contributed by atoms with Crippen LogP contribution in [0.1, 0.15) is 27.5 Å². The molecule has 2 aromatic rings. The molecule has 108 valence electrons. The number of aliphatic carboxylic acids is 1. The molecule has 0 aliphatic heterocycles. The van der Waals surface area contributed by atoms with Gasteiger partial charge in [-0.1, -0.05) is 42.0 Å². The maximum atomic E-state index is 12.3. The summed E-state index contributed by atoms with van der Waals surface area (Å²) >= 11 is 3.31. The van der Waals surface area contributed by atoms with Gasteiger partial charge in [-0.25, -0.2) is 4.79 Å². The Balaban J connectivity index is 2.27. The van der Waals surface area contributed by atoms with Crippen LogP contribution >= 0.6 is 15.9 Å². The third-order valence-electron chi connectivity index (χ3n) is 3.02. The van der Waals surface area contributed by atoms with E-state index in [0.29, 0.717) is 15.6 Å². The van der Waals surface area contributed by atoms with Crippen LogP contribution in [-0.2, 0) is 4.79 Å². The van der Waals surface area contributed by atoms with Gasteiger partial charge in [0.2, 0.25) is 0 Å². The van der Waals surface area contributed by atoms with Crippen molar-refractivity contribution in [2.75, 3.05) is 0 Å².